The van der Waals surface area contributed by atoms with Crippen LogP contribution in [0.5, 0.6) is 0 Å². The third-order valence-electron chi connectivity index (χ3n) is 1.25. The molecule has 0 aromatic carbocycles. The van der Waals surface area contributed by atoms with Gasteiger partial charge in [0.15, 0.2) is 0 Å². The number of aliphatic carboxylic acids is 3. The fraction of sp³-hybridized carbons (Fsp3) is 0.500. The minimum atomic E-state index is -5.62. The van der Waals surface area contributed by atoms with Crippen molar-refractivity contribution in [2.24, 2.45) is 0 Å². The number of aliphatic hydroxyl groups is 1. The molecule has 0 radical (unpaired) electrons. The number of carboxylic acid groups (broad SMARTS) is 3. The summed E-state index contributed by atoms with van der Waals surface area (Å²) in [6, 6.07) is 0. The molecule has 17 heteroatoms. The Labute approximate surface area is 132 Å². The molecule has 0 aliphatic carbocycles. The zero-order chi connectivity index (χ0) is 15.1. The van der Waals surface area contributed by atoms with Crippen molar-refractivity contribution in [1.29, 1.82) is 0 Å². The van der Waals surface area contributed by atoms with Gasteiger partial charge in [0.1, 0.15) is 5.60 Å². The maximum atomic E-state index is 10.1. The van der Waals surface area contributed by atoms with Gasteiger partial charge in [0.2, 0.25) is 0 Å². The molecule has 21 N–H and O–H groups in total. The van der Waals surface area contributed by atoms with Crippen molar-refractivity contribution in [3.63, 3.8) is 0 Å². The number of hydrogen-bond donors (Lipinski definition) is 6. The maximum absolute atomic E-state index is 10.1. The molecule has 0 spiro atoms. The first-order valence-corrected chi connectivity index (χ1v) is 5.66. The molecule has 16 nitrogen and oxygen atoms in total. The molecule has 0 aliphatic rings. The second kappa shape index (κ2) is 16.6. The van der Waals surface area contributed by atoms with Crippen LogP contribution in [0.4, 0.5) is 0 Å². The van der Waals surface area contributed by atoms with Gasteiger partial charge in [-0.15, -0.1) is 0 Å². The number of carbonyl (C=O) groups excluding carboxylic acids is 3. The summed E-state index contributed by atoms with van der Waals surface area (Å²) in [5.74, 6) is -5.98. The predicted octanol–water partition coefficient (Wildman–Crippen LogP) is -5.99. The zero-order valence-electron chi connectivity index (χ0n) is 13.3. The third-order valence-corrected chi connectivity index (χ3v) is 1.25. The van der Waals surface area contributed by atoms with E-state index in [0.717, 1.165) is 0 Å². The van der Waals surface area contributed by atoms with Gasteiger partial charge in [0.25, 0.3) is 0 Å². The van der Waals surface area contributed by atoms with Crippen molar-refractivity contribution in [1.82, 2.24) is 30.8 Å². The van der Waals surface area contributed by atoms with Gasteiger partial charge < -0.3 is 65.6 Å². The summed E-state index contributed by atoms with van der Waals surface area (Å²) in [6.07, 6.45) is -2.72. The van der Waals surface area contributed by atoms with Crippen molar-refractivity contribution in [3.8, 4) is 0 Å². The van der Waals surface area contributed by atoms with E-state index in [1.54, 1.807) is 0 Å². The van der Waals surface area contributed by atoms with Gasteiger partial charge in [-0.3, -0.25) is 0 Å². The third kappa shape index (κ3) is 33.2. The standard InChI is InChI=1S/C6H8O7.Mn.5H3N.4O/c7-3(8)1-6(13,5(11)12)2-4(9)10;;;;;;;;;;/h13H,1-2H2,(H,7,8)(H,9,10)(H,11,12);;5*1H3;;;;/q;;;;;;;;;2*-1/p+2. The van der Waals surface area contributed by atoms with Crippen LogP contribution in [0.25, 0.3) is 0 Å². The first-order valence-electron chi connectivity index (χ1n) is 3.73. The van der Waals surface area contributed by atoms with E-state index < -0.39 is 49.7 Å². The second-order valence-electron chi connectivity index (χ2n) is 2.79. The summed E-state index contributed by atoms with van der Waals surface area (Å²) in [7, 11) is 0. The Balaban J connectivity index is -0.0000000455. The summed E-state index contributed by atoms with van der Waals surface area (Å²) in [4.78, 5) is 30.0. The molecule has 0 unspecified atom stereocenters. The molecule has 147 valence electrons. The van der Waals surface area contributed by atoms with Crippen LogP contribution in [0.15, 0.2) is 0 Å². The van der Waals surface area contributed by atoms with E-state index in [9.17, 15) is 29.7 Å². The Morgan fingerprint density at radius 1 is 0.783 bits per heavy atom. The molecular formula is C6H25MnN5O11. The fourth-order valence-corrected chi connectivity index (χ4v) is 0.684. The van der Waals surface area contributed by atoms with Crippen LogP contribution in [0.1, 0.15) is 12.8 Å². The SMILES string of the molecule is O=C([O-])CC(O)(CC(=O)[O-])C(=O)[O-].[NH4+].[NH4+].[NH4+].[NH4+].[NH4+].[O]=[Mn](=[O])([O-])[O-]. The van der Waals surface area contributed by atoms with E-state index in [0.29, 0.717) is 0 Å². The summed E-state index contributed by atoms with van der Waals surface area (Å²) >= 11 is -5.62. The van der Waals surface area contributed by atoms with E-state index >= 15 is 0 Å². The Morgan fingerprint density at radius 2 is 0.957 bits per heavy atom. The molecule has 23 heavy (non-hydrogen) atoms. The van der Waals surface area contributed by atoms with Crippen molar-refractivity contribution >= 4 is 17.9 Å². The second-order valence-corrected chi connectivity index (χ2v) is 3.97. The first-order chi connectivity index (χ1) is 7.78. The summed E-state index contributed by atoms with van der Waals surface area (Å²) in [5, 5.41) is 38.9. The molecule has 0 fully saturated rings. The zero-order valence-corrected chi connectivity index (χ0v) is 14.5. The van der Waals surface area contributed by atoms with Gasteiger partial charge in [-0.1, -0.05) is 0 Å². The molecule has 0 rings (SSSR count). The van der Waals surface area contributed by atoms with E-state index in [-0.39, 0.29) is 30.8 Å². The number of carboxylic acids is 3. The molecule has 0 amide bonds. The fourth-order valence-electron chi connectivity index (χ4n) is 0.684. The van der Waals surface area contributed by atoms with Gasteiger partial charge in [-0.2, -0.15) is 0 Å². The van der Waals surface area contributed by atoms with Gasteiger partial charge in [0, 0.05) is 24.8 Å². The topological polar surface area (TPSA) is 403 Å². The van der Waals surface area contributed by atoms with Crippen molar-refractivity contribution < 1.29 is 64.2 Å². The van der Waals surface area contributed by atoms with Gasteiger partial charge in [0.05, 0.1) is 5.97 Å². The van der Waals surface area contributed by atoms with Gasteiger partial charge in [-0.05, 0) is 0 Å². The Kier molecular flexibility index (Phi) is 30.9. The van der Waals surface area contributed by atoms with Crippen LogP contribution in [0.3, 0.4) is 0 Å². The van der Waals surface area contributed by atoms with Crippen molar-refractivity contribution in [2.75, 3.05) is 0 Å². The summed E-state index contributed by atoms with van der Waals surface area (Å²) in [5.41, 5.74) is -2.97. The molecule has 0 aromatic heterocycles. The van der Waals surface area contributed by atoms with Crippen molar-refractivity contribution in [3.05, 3.63) is 0 Å². The van der Waals surface area contributed by atoms with Crippen LogP contribution in [0.2, 0.25) is 0 Å². The van der Waals surface area contributed by atoms with E-state index in [1.165, 1.54) is 0 Å². The van der Waals surface area contributed by atoms with Crippen LogP contribution in [-0.4, -0.2) is 28.6 Å². The normalized spacial score (nSPS) is 8.65. The molecular weight excluding hydrogens is 373 g/mol. The van der Waals surface area contributed by atoms with E-state index in [1.807, 2.05) is 0 Å². The monoisotopic (exact) mass is 398 g/mol. The molecule has 0 aromatic rings. The molecule has 0 atom stereocenters. The van der Waals surface area contributed by atoms with E-state index in [2.05, 4.69) is 0 Å². The van der Waals surface area contributed by atoms with Crippen molar-refractivity contribution in [2.45, 2.75) is 18.4 Å². The average molecular weight is 398 g/mol. The van der Waals surface area contributed by atoms with Gasteiger partial charge in [-0.25, -0.2) is 0 Å². The number of hydrogen-bond acceptors (Lipinski definition) is 11. The predicted molar refractivity (Wildman–Crippen MR) is 60.5 cm³/mol. The summed E-state index contributed by atoms with van der Waals surface area (Å²) in [6.45, 7) is 0. The number of quaternary nitrogens is 5. The van der Waals surface area contributed by atoms with Crippen LogP contribution in [0, 0.1) is 0 Å². The molecule has 0 heterocycles. The number of carbonyl (C=O) groups is 3. The minimum absolute atomic E-state index is 0. The van der Waals surface area contributed by atoms with E-state index in [4.69, 9.17) is 21.2 Å². The average Bonchev–Trinajstić information content (AvgIpc) is 1.95. The molecule has 0 saturated carbocycles. The Morgan fingerprint density at radius 3 is 1.04 bits per heavy atom. The van der Waals surface area contributed by atoms with Gasteiger partial charge >= 0.3 is 29.4 Å². The summed E-state index contributed by atoms with van der Waals surface area (Å²) < 4.78 is 34.3. The quantitative estimate of drug-likeness (QED) is 0.236. The first kappa shape index (κ1) is 42.9. The molecule has 0 saturated heterocycles. The molecule has 0 bridgehead atoms. The van der Waals surface area contributed by atoms with Crippen LogP contribution in [-0.2, 0) is 35.4 Å². The Hall–Kier alpha value is -1.79. The molecule has 0 aliphatic heterocycles. The number of rotatable bonds is 5. The Bertz CT molecular complexity index is 414. The van der Waals surface area contributed by atoms with Crippen LogP contribution < -0.4 is 54.5 Å². The van der Waals surface area contributed by atoms with Crippen LogP contribution >= 0.6 is 0 Å².